The molecule has 0 atom stereocenters. The Bertz CT molecular complexity index is 480. The van der Waals surface area contributed by atoms with E-state index in [4.69, 9.17) is 4.74 Å². The summed E-state index contributed by atoms with van der Waals surface area (Å²) in [5.74, 6) is 0. The second kappa shape index (κ2) is 6.34. The molecule has 0 aromatic heterocycles. The van der Waals surface area contributed by atoms with Crippen molar-refractivity contribution in [2.45, 2.75) is 13.2 Å². The summed E-state index contributed by atoms with van der Waals surface area (Å²) in [5, 5.41) is 0. The fraction of sp³-hybridized carbons (Fsp3) is 0.143. The second-order valence-electron chi connectivity index (χ2n) is 3.71. The Hall–Kier alpha value is -0.640. The second-order valence-corrected chi connectivity index (χ2v) is 5.48. The van der Waals surface area contributed by atoms with E-state index in [2.05, 4.69) is 50.1 Å². The van der Waals surface area contributed by atoms with Crippen molar-refractivity contribution in [3.8, 4) is 0 Å². The first-order valence-corrected chi connectivity index (χ1v) is 6.90. The molecule has 2 rings (SSSR count). The summed E-state index contributed by atoms with van der Waals surface area (Å²) in [4.78, 5) is 0. The van der Waals surface area contributed by atoms with Crippen molar-refractivity contribution in [2.75, 3.05) is 0 Å². The van der Waals surface area contributed by atoms with E-state index in [0.29, 0.717) is 13.2 Å². The average molecular weight is 356 g/mol. The fourth-order valence-corrected chi connectivity index (χ4v) is 2.14. The van der Waals surface area contributed by atoms with Gasteiger partial charge < -0.3 is 4.74 Å². The number of benzene rings is 2. The molecule has 17 heavy (non-hydrogen) atoms. The third-order valence-corrected chi connectivity index (χ3v) is 3.70. The molecular weight excluding hydrogens is 344 g/mol. The maximum atomic E-state index is 5.68. The van der Waals surface area contributed by atoms with E-state index in [-0.39, 0.29) is 0 Å². The Morgan fingerprint density at radius 2 is 1.53 bits per heavy atom. The first kappa shape index (κ1) is 12.8. The quantitative estimate of drug-likeness (QED) is 0.755. The zero-order chi connectivity index (χ0) is 12.1. The topological polar surface area (TPSA) is 9.23 Å². The Morgan fingerprint density at radius 3 is 2.24 bits per heavy atom. The van der Waals surface area contributed by atoms with Crippen molar-refractivity contribution < 1.29 is 4.74 Å². The third kappa shape index (κ3) is 3.95. The van der Waals surface area contributed by atoms with Gasteiger partial charge in [-0.15, -0.1) is 0 Å². The minimum Gasteiger partial charge on any atom is -0.372 e. The molecule has 1 nitrogen and oxygen atoms in total. The molecule has 0 amide bonds. The van der Waals surface area contributed by atoms with E-state index < -0.39 is 0 Å². The molecule has 0 radical (unpaired) electrons. The average Bonchev–Trinajstić information content (AvgIpc) is 2.34. The monoisotopic (exact) mass is 354 g/mol. The molecule has 0 saturated heterocycles. The van der Waals surface area contributed by atoms with Gasteiger partial charge in [-0.2, -0.15) is 0 Å². The number of ether oxygens (including phenoxy) is 1. The van der Waals surface area contributed by atoms with Gasteiger partial charge in [0.2, 0.25) is 0 Å². The van der Waals surface area contributed by atoms with Crippen LogP contribution in [0.15, 0.2) is 57.5 Å². The van der Waals surface area contributed by atoms with Gasteiger partial charge in [-0.1, -0.05) is 62.2 Å². The van der Waals surface area contributed by atoms with E-state index in [0.717, 1.165) is 8.95 Å². The zero-order valence-corrected chi connectivity index (χ0v) is 12.4. The molecule has 0 aliphatic heterocycles. The van der Waals surface area contributed by atoms with Crippen molar-refractivity contribution >= 4 is 31.9 Å². The molecule has 0 heterocycles. The van der Waals surface area contributed by atoms with Crippen LogP contribution in [0.2, 0.25) is 0 Å². The number of hydrogen-bond donors (Lipinski definition) is 0. The lowest BCUT2D eigenvalue weighted by atomic mass is 10.2. The summed E-state index contributed by atoms with van der Waals surface area (Å²) < 4.78 is 7.86. The Balaban J connectivity index is 1.88. The van der Waals surface area contributed by atoms with Gasteiger partial charge in [-0.05, 0) is 29.3 Å². The molecule has 88 valence electrons. The molecule has 0 N–H and O–H groups in total. The molecule has 0 bridgehead atoms. The first-order chi connectivity index (χ1) is 8.25. The van der Waals surface area contributed by atoms with Gasteiger partial charge in [-0.25, -0.2) is 0 Å². The highest BCUT2D eigenvalue weighted by Crippen LogP contribution is 2.17. The minimum absolute atomic E-state index is 0.623. The fourth-order valence-electron chi connectivity index (χ4n) is 1.47. The normalized spacial score (nSPS) is 10.5. The highest BCUT2D eigenvalue weighted by atomic mass is 79.9. The smallest absolute Gasteiger partial charge is 0.0732 e. The number of halogens is 2. The van der Waals surface area contributed by atoms with Gasteiger partial charge in [0.15, 0.2) is 0 Å². The van der Waals surface area contributed by atoms with Crippen LogP contribution < -0.4 is 0 Å². The van der Waals surface area contributed by atoms with Gasteiger partial charge in [0.1, 0.15) is 0 Å². The highest BCUT2D eigenvalue weighted by Gasteiger charge is 1.99. The van der Waals surface area contributed by atoms with Crippen molar-refractivity contribution in [3.05, 3.63) is 68.6 Å². The van der Waals surface area contributed by atoms with E-state index in [1.54, 1.807) is 0 Å². The minimum atomic E-state index is 0.623. The lowest BCUT2D eigenvalue weighted by Gasteiger charge is -2.06. The largest absolute Gasteiger partial charge is 0.372 e. The Kier molecular flexibility index (Phi) is 4.77. The van der Waals surface area contributed by atoms with Crippen LogP contribution in [-0.2, 0) is 18.0 Å². The van der Waals surface area contributed by atoms with E-state index >= 15 is 0 Å². The van der Waals surface area contributed by atoms with Gasteiger partial charge >= 0.3 is 0 Å². The van der Waals surface area contributed by atoms with Crippen molar-refractivity contribution in [1.29, 1.82) is 0 Å². The van der Waals surface area contributed by atoms with Crippen molar-refractivity contribution in [2.24, 2.45) is 0 Å². The van der Waals surface area contributed by atoms with Gasteiger partial charge in [0.25, 0.3) is 0 Å². The molecule has 2 aromatic rings. The zero-order valence-electron chi connectivity index (χ0n) is 9.20. The van der Waals surface area contributed by atoms with Crippen LogP contribution in [-0.4, -0.2) is 0 Å². The van der Waals surface area contributed by atoms with Crippen molar-refractivity contribution in [1.82, 2.24) is 0 Å². The van der Waals surface area contributed by atoms with Crippen LogP contribution in [0, 0.1) is 0 Å². The van der Waals surface area contributed by atoms with Gasteiger partial charge in [0.05, 0.1) is 13.2 Å². The van der Waals surface area contributed by atoms with Crippen LogP contribution in [0.3, 0.4) is 0 Å². The van der Waals surface area contributed by atoms with E-state index in [1.165, 1.54) is 11.1 Å². The van der Waals surface area contributed by atoms with Crippen LogP contribution in [0.4, 0.5) is 0 Å². The van der Waals surface area contributed by atoms with E-state index in [1.807, 2.05) is 30.3 Å². The summed E-state index contributed by atoms with van der Waals surface area (Å²) in [5.41, 5.74) is 2.35. The molecule has 0 fully saturated rings. The molecule has 0 aliphatic carbocycles. The van der Waals surface area contributed by atoms with Crippen LogP contribution in [0.5, 0.6) is 0 Å². The summed E-state index contributed by atoms with van der Waals surface area (Å²) in [6.07, 6.45) is 0. The summed E-state index contributed by atoms with van der Waals surface area (Å²) >= 11 is 6.92. The molecule has 0 saturated carbocycles. The van der Waals surface area contributed by atoms with Crippen LogP contribution >= 0.6 is 31.9 Å². The predicted octanol–water partition coefficient (Wildman–Crippen LogP) is 4.93. The SMILES string of the molecule is Brc1ccc(COCc2ccccc2Br)cc1. The van der Waals surface area contributed by atoms with Crippen LogP contribution in [0.25, 0.3) is 0 Å². The van der Waals surface area contributed by atoms with Gasteiger partial charge in [0, 0.05) is 8.95 Å². The molecule has 2 aromatic carbocycles. The maximum absolute atomic E-state index is 5.68. The molecular formula is C14H12Br2O. The highest BCUT2D eigenvalue weighted by molar-refractivity contribution is 9.10. The number of hydrogen-bond acceptors (Lipinski definition) is 1. The standard InChI is InChI=1S/C14H12Br2O/c15-13-7-5-11(6-8-13)9-17-10-12-3-1-2-4-14(12)16/h1-8H,9-10H2. The molecule has 0 unspecified atom stereocenters. The summed E-state index contributed by atoms with van der Waals surface area (Å²) in [6, 6.07) is 16.3. The predicted molar refractivity (Wildman–Crippen MR) is 76.8 cm³/mol. The Morgan fingerprint density at radius 1 is 0.824 bits per heavy atom. The van der Waals surface area contributed by atoms with E-state index in [9.17, 15) is 0 Å². The lowest BCUT2D eigenvalue weighted by molar-refractivity contribution is 0.107. The summed E-state index contributed by atoms with van der Waals surface area (Å²) in [7, 11) is 0. The summed E-state index contributed by atoms with van der Waals surface area (Å²) in [6.45, 7) is 1.26. The molecule has 0 aliphatic rings. The van der Waals surface area contributed by atoms with Crippen molar-refractivity contribution in [3.63, 3.8) is 0 Å². The third-order valence-electron chi connectivity index (χ3n) is 2.40. The Labute approximate surface area is 118 Å². The number of rotatable bonds is 4. The molecule has 3 heteroatoms. The van der Waals surface area contributed by atoms with Crippen LogP contribution in [0.1, 0.15) is 11.1 Å². The van der Waals surface area contributed by atoms with Gasteiger partial charge in [-0.3, -0.25) is 0 Å². The maximum Gasteiger partial charge on any atom is 0.0732 e. The lowest BCUT2D eigenvalue weighted by Crippen LogP contribution is -1.94. The molecule has 0 spiro atoms. The first-order valence-electron chi connectivity index (χ1n) is 5.31.